The maximum Gasteiger partial charge on any atom is 0.119 e. The Kier molecular flexibility index (Phi) is 6.23. The van der Waals surface area contributed by atoms with Crippen LogP contribution in [0.1, 0.15) is 52.5 Å². The van der Waals surface area contributed by atoms with Crippen LogP contribution in [0, 0.1) is 11.3 Å². The number of hydrogen-bond acceptors (Lipinski definition) is 3. The average molecular weight is 288 g/mol. The summed E-state index contributed by atoms with van der Waals surface area (Å²) in [5.74, 6) is 0.930. The summed E-state index contributed by atoms with van der Waals surface area (Å²) in [6, 6.07) is 10.6. The summed E-state index contributed by atoms with van der Waals surface area (Å²) in [6.45, 7) is 9.23. The summed E-state index contributed by atoms with van der Waals surface area (Å²) in [5, 5.41) is 12.1. The maximum atomic E-state index is 9.08. The first-order valence-corrected chi connectivity index (χ1v) is 7.64. The number of ether oxygens (including phenoxy) is 1. The Morgan fingerprint density at radius 2 is 1.90 bits per heavy atom. The molecule has 0 saturated carbocycles. The van der Waals surface area contributed by atoms with Gasteiger partial charge in [0.05, 0.1) is 12.7 Å². The van der Waals surface area contributed by atoms with Gasteiger partial charge in [-0.3, -0.25) is 0 Å². The molecule has 3 nitrogen and oxygen atoms in total. The quantitative estimate of drug-likeness (QED) is 0.770. The van der Waals surface area contributed by atoms with Crippen molar-refractivity contribution in [3.63, 3.8) is 0 Å². The summed E-state index contributed by atoms with van der Waals surface area (Å²) in [5.41, 5.74) is 1.000. The van der Waals surface area contributed by atoms with Crippen molar-refractivity contribution in [2.75, 3.05) is 13.7 Å². The zero-order valence-corrected chi connectivity index (χ0v) is 14.0. The average Bonchev–Trinajstić information content (AvgIpc) is 2.46. The zero-order valence-electron chi connectivity index (χ0n) is 14.0. The molecule has 0 aromatic heterocycles. The lowest BCUT2D eigenvalue weighted by Gasteiger charge is -2.21. The Hall–Kier alpha value is -1.53. The van der Waals surface area contributed by atoms with Crippen molar-refractivity contribution in [3.8, 4) is 11.8 Å². The Bertz CT molecular complexity index is 485. The summed E-state index contributed by atoms with van der Waals surface area (Å²) in [6.07, 6.45) is 2.77. The molecule has 1 unspecified atom stereocenters. The van der Waals surface area contributed by atoms with Gasteiger partial charge in [-0.15, -0.1) is 0 Å². The summed E-state index contributed by atoms with van der Waals surface area (Å²) in [4.78, 5) is 0. The third-order valence-corrected chi connectivity index (χ3v) is 3.84. The second kappa shape index (κ2) is 7.47. The second-order valence-electron chi connectivity index (χ2n) is 6.78. The molecular weight excluding hydrogens is 260 g/mol. The van der Waals surface area contributed by atoms with E-state index in [1.807, 2.05) is 26.1 Å². The molecule has 116 valence electrons. The Morgan fingerprint density at radius 1 is 1.19 bits per heavy atom. The molecule has 1 atom stereocenters. The minimum absolute atomic E-state index is 0.140. The fourth-order valence-corrected chi connectivity index (χ4v) is 2.06. The normalized spacial score (nSPS) is 14.3. The molecule has 0 radical (unpaired) electrons. The molecule has 0 aliphatic heterocycles. The van der Waals surface area contributed by atoms with E-state index in [0.29, 0.717) is 6.61 Å². The molecule has 0 heterocycles. The van der Waals surface area contributed by atoms with E-state index in [1.54, 1.807) is 0 Å². The van der Waals surface area contributed by atoms with Gasteiger partial charge < -0.3 is 10.1 Å². The van der Waals surface area contributed by atoms with Gasteiger partial charge in [-0.25, -0.2) is 0 Å². The largest absolute Gasteiger partial charge is 0.494 e. The molecule has 1 N–H and O–H groups in total. The van der Waals surface area contributed by atoms with E-state index in [4.69, 9.17) is 10.00 Å². The standard InChI is InChI=1S/C18H28N2O/c1-17(2,3)15-9-8-10-16(13-15)21-12-7-6-11-18(4,14-19)20-5/h8-10,13,20H,6-7,11-12H2,1-5H3. The van der Waals surface area contributed by atoms with Crippen LogP contribution in [0.15, 0.2) is 24.3 Å². The van der Waals surface area contributed by atoms with Crippen molar-refractivity contribution in [1.82, 2.24) is 5.32 Å². The van der Waals surface area contributed by atoms with E-state index in [1.165, 1.54) is 5.56 Å². The number of nitrogens with zero attached hydrogens (tertiary/aromatic N) is 1. The van der Waals surface area contributed by atoms with Crippen molar-refractivity contribution in [2.24, 2.45) is 0 Å². The van der Waals surface area contributed by atoms with E-state index < -0.39 is 5.54 Å². The fraction of sp³-hybridized carbons (Fsp3) is 0.611. The maximum absolute atomic E-state index is 9.08. The van der Waals surface area contributed by atoms with Gasteiger partial charge in [0.1, 0.15) is 11.3 Å². The van der Waals surface area contributed by atoms with Crippen LogP contribution >= 0.6 is 0 Å². The first-order chi connectivity index (χ1) is 9.80. The lowest BCUT2D eigenvalue weighted by Crippen LogP contribution is -2.37. The van der Waals surface area contributed by atoms with Gasteiger partial charge in [-0.2, -0.15) is 5.26 Å². The topological polar surface area (TPSA) is 45.0 Å². The Labute approximate surface area is 129 Å². The zero-order chi connectivity index (χ0) is 15.9. The van der Waals surface area contributed by atoms with Gasteiger partial charge in [-0.1, -0.05) is 32.9 Å². The van der Waals surface area contributed by atoms with E-state index in [0.717, 1.165) is 25.0 Å². The van der Waals surface area contributed by atoms with Gasteiger partial charge in [0, 0.05) is 0 Å². The highest BCUT2D eigenvalue weighted by Crippen LogP contribution is 2.25. The van der Waals surface area contributed by atoms with Crippen LogP contribution in [0.5, 0.6) is 5.75 Å². The SMILES string of the molecule is CNC(C)(C#N)CCCCOc1cccc(C(C)(C)C)c1. The Morgan fingerprint density at radius 3 is 2.48 bits per heavy atom. The predicted molar refractivity (Wildman–Crippen MR) is 87.6 cm³/mol. The number of benzene rings is 1. The monoisotopic (exact) mass is 288 g/mol. The van der Waals surface area contributed by atoms with Crippen LogP contribution < -0.4 is 10.1 Å². The highest BCUT2D eigenvalue weighted by Gasteiger charge is 2.19. The van der Waals surface area contributed by atoms with Crippen molar-refractivity contribution in [3.05, 3.63) is 29.8 Å². The number of unbranched alkanes of at least 4 members (excludes halogenated alkanes) is 1. The van der Waals surface area contributed by atoms with Gasteiger partial charge >= 0.3 is 0 Å². The molecular formula is C18H28N2O. The first kappa shape index (κ1) is 17.5. The van der Waals surface area contributed by atoms with Gasteiger partial charge in [0.25, 0.3) is 0 Å². The molecule has 0 fully saturated rings. The van der Waals surface area contributed by atoms with Gasteiger partial charge in [0.2, 0.25) is 0 Å². The van der Waals surface area contributed by atoms with Crippen LogP contribution in [0.25, 0.3) is 0 Å². The predicted octanol–water partition coefficient (Wildman–Crippen LogP) is 4.03. The molecule has 0 amide bonds. The smallest absolute Gasteiger partial charge is 0.119 e. The van der Waals surface area contributed by atoms with Crippen LogP contribution in [0.2, 0.25) is 0 Å². The highest BCUT2D eigenvalue weighted by atomic mass is 16.5. The molecule has 0 aliphatic rings. The molecule has 1 aromatic carbocycles. The molecule has 0 aliphatic carbocycles. The molecule has 1 rings (SSSR count). The summed E-state index contributed by atoms with van der Waals surface area (Å²) < 4.78 is 5.82. The molecule has 0 spiro atoms. The van der Waals surface area contributed by atoms with Gasteiger partial charge in [-0.05, 0) is 56.3 Å². The molecule has 1 aromatic rings. The molecule has 0 bridgehead atoms. The van der Waals surface area contributed by atoms with Crippen LogP contribution in [0.3, 0.4) is 0 Å². The number of nitriles is 1. The third kappa shape index (κ3) is 5.77. The Balaban J connectivity index is 2.39. The number of nitrogens with one attached hydrogen (secondary N) is 1. The van der Waals surface area contributed by atoms with Crippen molar-refractivity contribution < 1.29 is 4.74 Å². The highest BCUT2D eigenvalue weighted by molar-refractivity contribution is 5.32. The van der Waals surface area contributed by atoms with E-state index in [9.17, 15) is 0 Å². The lowest BCUT2D eigenvalue weighted by atomic mass is 9.87. The number of hydrogen-bond donors (Lipinski definition) is 1. The summed E-state index contributed by atoms with van der Waals surface area (Å²) in [7, 11) is 1.83. The fourth-order valence-electron chi connectivity index (χ4n) is 2.06. The van der Waals surface area contributed by atoms with Gasteiger partial charge in [0.15, 0.2) is 0 Å². The molecule has 21 heavy (non-hydrogen) atoms. The third-order valence-electron chi connectivity index (χ3n) is 3.84. The van der Waals surface area contributed by atoms with E-state index in [-0.39, 0.29) is 5.41 Å². The second-order valence-corrected chi connectivity index (χ2v) is 6.78. The van der Waals surface area contributed by atoms with E-state index in [2.05, 4.69) is 44.3 Å². The van der Waals surface area contributed by atoms with Crippen molar-refractivity contribution in [1.29, 1.82) is 5.26 Å². The molecule has 3 heteroatoms. The summed E-state index contributed by atoms with van der Waals surface area (Å²) >= 11 is 0. The molecule has 0 saturated heterocycles. The lowest BCUT2D eigenvalue weighted by molar-refractivity contribution is 0.296. The van der Waals surface area contributed by atoms with Crippen molar-refractivity contribution in [2.45, 2.75) is 57.9 Å². The minimum Gasteiger partial charge on any atom is -0.494 e. The van der Waals surface area contributed by atoms with Crippen LogP contribution in [-0.2, 0) is 5.41 Å². The van der Waals surface area contributed by atoms with E-state index >= 15 is 0 Å². The van der Waals surface area contributed by atoms with Crippen LogP contribution in [0.4, 0.5) is 0 Å². The first-order valence-electron chi connectivity index (χ1n) is 7.64. The number of rotatable bonds is 7. The van der Waals surface area contributed by atoms with Crippen LogP contribution in [-0.4, -0.2) is 19.2 Å². The van der Waals surface area contributed by atoms with Crippen molar-refractivity contribution >= 4 is 0 Å². The minimum atomic E-state index is -0.424.